The van der Waals surface area contributed by atoms with Crippen molar-refractivity contribution in [1.82, 2.24) is 0 Å². The molecule has 2 nitrogen and oxygen atoms in total. The first-order valence-electron chi connectivity index (χ1n) is 5.82. The van der Waals surface area contributed by atoms with Crippen molar-refractivity contribution >= 4 is 12.4 Å². The van der Waals surface area contributed by atoms with Crippen LogP contribution in [-0.4, -0.2) is 6.54 Å². The highest BCUT2D eigenvalue weighted by Crippen LogP contribution is 2.17. The molecule has 0 aromatic heterocycles. The first-order chi connectivity index (χ1) is 7.27. The Morgan fingerprint density at radius 1 is 1.12 bits per heavy atom. The lowest BCUT2D eigenvalue weighted by atomic mass is 10.00. The van der Waals surface area contributed by atoms with Crippen molar-refractivity contribution in [3.05, 3.63) is 35.4 Å². The number of unbranched alkanes of at least 4 members (excludes halogenated alkanes) is 1. The second-order valence-electron chi connectivity index (χ2n) is 3.99. The molecule has 0 heterocycles. The number of hydrogen-bond donors (Lipinski definition) is 2. The van der Waals surface area contributed by atoms with Crippen LogP contribution >= 0.6 is 12.4 Å². The fourth-order valence-electron chi connectivity index (χ4n) is 1.68. The van der Waals surface area contributed by atoms with Crippen LogP contribution in [0.1, 0.15) is 43.4 Å². The molecule has 0 amide bonds. The van der Waals surface area contributed by atoms with E-state index in [0.717, 1.165) is 32.2 Å². The van der Waals surface area contributed by atoms with E-state index in [9.17, 15) is 0 Å². The lowest BCUT2D eigenvalue weighted by Crippen LogP contribution is -2.11. The van der Waals surface area contributed by atoms with Crippen molar-refractivity contribution in [3.63, 3.8) is 0 Å². The lowest BCUT2D eigenvalue weighted by Gasteiger charge is -2.12. The molecule has 1 rings (SSSR count). The van der Waals surface area contributed by atoms with Gasteiger partial charge < -0.3 is 11.5 Å². The molecule has 92 valence electrons. The predicted octanol–water partition coefficient (Wildman–Crippen LogP) is 2.80. The number of rotatable bonds is 6. The van der Waals surface area contributed by atoms with Crippen LogP contribution in [0.5, 0.6) is 0 Å². The molecule has 0 aliphatic rings. The quantitative estimate of drug-likeness (QED) is 0.754. The molecular formula is C13H23ClN2. The molecule has 0 fully saturated rings. The summed E-state index contributed by atoms with van der Waals surface area (Å²) in [4.78, 5) is 0. The molecule has 0 spiro atoms. The standard InChI is InChI=1S/C13H22N2.ClH/c1-2-11-6-8-12(9-7-11)13(15)5-3-4-10-14;/h6-9,13H,2-5,10,14-15H2,1H3;1H/t13-;/m1./s1. The average Bonchev–Trinajstić information content (AvgIpc) is 2.29. The minimum atomic E-state index is 0. The summed E-state index contributed by atoms with van der Waals surface area (Å²) in [5.41, 5.74) is 14.1. The zero-order valence-electron chi connectivity index (χ0n) is 9.99. The number of hydrogen-bond acceptors (Lipinski definition) is 2. The third kappa shape index (κ3) is 4.97. The van der Waals surface area contributed by atoms with Crippen LogP contribution in [0.4, 0.5) is 0 Å². The minimum Gasteiger partial charge on any atom is -0.330 e. The van der Waals surface area contributed by atoms with E-state index in [1.165, 1.54) is 11.1 Å². The van der Waals surface area contributed by atoms with Crippen molar-refractivity contribution in [2.45, 2.75) is 38.6 Å². The van der Waals surface area contributed by atoms with E-state index in [1.807, 2.05) is 0 Å². The third-order valence-corrected chi connectivity index (χ3v) is 2.79. The summed E-state index contributed by atoms with van der Waals surface area (Å²) in [6, 6.07) is 8.79. The molecular weight excluding hydrogens is 220 g/mol. The molecule has 3 heteroatoms. The molecule has 0 aliphatic carbocycles. The molecule has 1 atom stereocenters. The van der Waals surface area contributed by atoms with Crippen LogP contribution in [-0.2, 0) is 6.42 Å². The Labute approximate surface area is 105 Å². The van der Waals surface area contributed by atoms with Crippen LogP contribution in [0.2, 0.25) is 0 Å². The van der Waals surface area contributed by atoms with Gasteiger partial charge in [-0.2, -0.15) is 0 Å². The van der Waals surface area contributed by atoms with E-state index in [4.69, 9.17) is 11.5 Å². The Morgan fingerprint density at radius 3 is 2.25 bits per heavy atom. The normalized spacial score (nSPS) is 11.9. The van der Waals surface area contributed by atoms with Crippen LogP contribution in [0.3, 0.4) is 0 Å². The van der Waals surface area contributed by atoms with Crippen LogP contribution in [0, 0.1) is 0 Å². The number of halogens is 1. The zero-order chi connectivity index (χ0) is 11.1. The van der Waals surface area contributed by atoms with Gasteiger partial charge in [0, 0.05) is 6.04 Å². The predicted molar refractivity (Wildman–Crippen MR) is 72.9 cm³/mol. The highest BCUT2D eigenvalue weighted by molar-refractivity contribution is 5.85. The van der Waals surface area contributed by atoms with Crippen LogP contribution < -0.4 is 11.5 Å². The van der Waals surface area contributed by atoms with Gasteiger partial charge in [0.2, 0.25) is 0 Å². The van der Waals surface area contributed by atoms with Crippen molar-refractivity contribution in [3.8, 4) is 0 Å². The minimum absolute atomic E-state index is 0. The molecule has 0 saturated heterocycles. The Bertz CT molecular complexity index is 272. The van der Waals surface area contributed by atoms with Gasteiger partial charge >= 0.3 is 0 Å². The van der Waals surface area contributed by atoms with Crippen molar-refractivity contribution in [1.29, 1.82) is 0 Å². The Morgan fingerprint density at radius 2 is 1.75 bits per heavy atom. The molecule has 0 saturated carbocycles. The number of nitrogens with two attached hydrogens (primary N) is 2. The van der Waals surface area contributed by atoms with Gasteiger partial charge in [0.15, 0.2) is 0 Å². The number of benzene rings is 1. The van der Waals surface area contributed by atoms with E-state index >= 15 is 0 Å². The molecule has 0 bridgehead atoms. The summed E-state index contributed by atoms with van der Waals surface area (Å²) >= 11 is 0. The Kier molecular flexibility index (Phi) is 8.26. The first-order valence-corrected chi connectivity index (χ1v) is 5.82. The van der Waals surface area contributed by atoms with Gasteiger partial charge in [0.1, 0.15) is 0 Å². The summed E-state index contributed by atoms with van der Waals surface area (Å²) in [6.07, 6.45) is 4.30. The van der Waals surface area contributed by atoms with Crippen molar-refractivity contribution in [2.24, 2.45) is 11.5 Å². The second-order valence-corrected chi connectivity index (χ2v) is 3.99. The summed E-state index contributed by atoms with van der Waals surface area (Å²) in [5, 5.41) is 0. The highest BCUT2D eigenvalue weighted by atomic mass is 35.5. The lowest BCUT2D eigenvalue weighted by molar-refractivity contribution is 0.591. The summed E-state index contributed by atoms with van der Waals surface area (Å²) in [5.74, 6) is 0. The van der Waals surface area contributed by atoms with E-state index in [1.54, 1.807) is 0 Å². The van der Waals surface area contributed by atoms with Gasteiger partial charge in [-0.1, -0.05) is 37.6 Å². The Hall–Kier alpha value is -0.570. The third-order valence-electron chi connectivity index (χ3n) is 2.79. The summed E-state index contributed by atoms with van der Waals surface area (Å²) in [7, 11) is 0. The van der Waals surface area contributed by atoms with Crippen molar-refractivity contribution in [2.75, 3.05) is 6.54 Å². The van der Waals surface area contributed by atoms with Crippen LogP contribution in [0.15, 0.2) is 24.3 Å². The maximum Gasteiger partial charge on any atom is 0.0294 e. The van der Waals surface area contributed by atoms with Crippen LogP contribution in [0.25, 0.3) is 0 Å². The zero-order valence-corrected chi connectivity index (χ0v) is 10.8. The monoisotopic (exact) mass is 242 g/mol. The molecule has 1 aromatic carbocycles. The molecule has 0 unspecified atom stereocenters. The second kappa shape index (κ2) is 8.57. The molecule has 1 aromatic rings. The average molecular weight is 243 g/mol. The molecule has 16 heavy (non-hydrogen) atoms. The van der Waals surface area contributed by atoms with Gasteiger partial charge in [-0.15, -0.1) is 12.4 Å². The first kappa shape index (κ1) is 15.4. The number of aryl methyl sites for hydroxylation is 1. The largest absolute Gasteiger partial charge is 0.330 e. The van der Waals surface area contributed by atoms with E-state index in [2.05, 4.69) is 31.2 Å². The fourth-order valence-corrected chi connectivity index (χ4v) is 1.68. The van der Waals surface area contributed by atoms with Gasteiger partial charge in [-0.05, 0) is 36.9 Å². The van der Waals surface area contributed by atoms with Crippen molar-refractivity contribution < 1.29 is 0 Å². The van der Waals surface area contributed by atoms with E-state index < -0.39 is 0 Å². The topological polar surface area (TPSA) is 52.0 Å². The SMILES string of the molecule is CCc1ccc([C@H](N)CCCCN)cc1.Cl. The maximum atomic E-state index is 6.09. The molecule has 0 aliphatic heterocycles. The van der Waals surface area contributed by atoms with E-state index in [0.29, 0.717) is 0 Å². The fraction of sp³-hybridized carbons (Fsp3) is 0.538. The molecule has 4 N–H and O–H groups in total. The summed E-state index contributed by atoms with van der Waals surface area (Å²) < 4.78 is 0. The van der Waals surface area contributed by atoms with Gasteiger partial charge in [0.05, 0.1) is 0 Å². The molecule has 0 radical (unpaired) electrons. The van der Waals surface area contributed by atoms with Gasteiger partial charge in [-0.3, -0.25) is 0 Å². The van der Waals surface area contributed by atoms with E-state index in [-0.39, 0.29) is 18.4 Å². The van der Waals surface area contributed by atoms with Gasteiger partial charge in [-0.25, -0.2) is 0 Å². The van der Waals surface area contributed by atoms with Gasteiger partial charge in [0.25, 0.3) is 0 Å². The Balaban J connectivity index is 0.00000225. The maximum absolute atomic E-state index is 6.09. The summed E-state index contributed by atoms with van der Waals surface area (Å²) in [6.45, 7) is 2.93. The highest BCUT2D eigenvalue weighted by Gasteiger charge is 2.04. The smallest absolute Gasteiger partial charge is 0.0294 e.